The molecule has 1 aliphatic carbocycles. The summed E-state index contributed by atoms with van der Waals surface area (Å²) in [5.41, 5.74) is 1.16. The number of hydrogen-bond donors (Lipinski definition) is 3. The first kappa shape index (κ1) is 22.1. The average molecular weight is 438 g/mol. The first-order valence-electron chi connectivity index (χ1n) is 11.3. The summed E-state index contributed by atoms with van der Waals surface area (Å²) in [5.74, 6) is 1.11. The molecular weight excluding hydrogens is 406 g/mol. The number of carbonyl (C=O) groups is 2. The number of nitrogens with one attached hydrogen (secondary N) is 2. The van der Waals surface area contributed by atoms with Crippen molar-refractivity contribution >= 4 is 11.8 Å². The van der Waals surface area contributed by atoms with Crippen molar-refractivity contribution in [1.82, 2.24) is 15.6 Å². The molecule has 0 unspecified atom stereocenters. The van der Waals surface area contributed by atoms with Crippen LogP contribution in [0.15, 0.2) is 36.7 Å². The molecule has 1 saturated carbocycles. The minimum absolute atomic E-state index is 0.0130. The largest absolute Gasteiger partial charge is 0.507 e. The lowest BCUT2D eigenvalue weighted by molar-refractivity contribution is -0.0145. The Bertz CT molecular complexity index is 1010. The van der Waals surface area contributed by atoms with Gasteiger partial charge in [0.1, 0.15) is 17.1 Å². The zero-order chi connectivity index (χ0) is 22.9. The molecule has 7 heteroatoms. The average Bonchev–Trinajstić information content (AvgIpc) is 2.76. The Morgan fingerprint density at radius 1 is 1.16 bits per heavy atom. The molecule has 0 saturated heterocycles. The van der Waals surface area contributed by atoms with Crippen LogP contribution in [0, 0.1) is 11.8 Å². The second-order valence-electron chi connectivity index (χ2n) is 9.46. The normalized spacial score (nSPS) is 23.3. The fraction of sp³-hybridized carbons (Fsp3) is 0.480. The molecule has 0 bridgehead atoms. The van der Waals surface area contributed by atoms with Crippen LogP contribution in [0.1, 0.15) is 72.2 Å². The zero-order valence-electron chi connectivity index (χ0n) is 18.9. The van der Waals surface area contributed by atoms with Gasteiger partial charge in [0, 0.05) is 37.0 Å². The lowest BCUT2D eigenvalue weighted by Crippen LogP contribution is -2.46. The number of amides is 2. The fourth-order valence-corrected chi connectivity index (χ4v) is 5.16. The zero-order valence-corrected chi connectivity index (χ0v) is 18.9. The van der Waals surface area contributed by atoms with E-state index in [9.17, 15) is 14.7 Å². The molecule has 3 atom stereocenters. The van der Waals surface area contributed by atoms with Crippen LogP contribution in [0.4, 0.5) is 0 Å². The number of phenolic OH excluding ortho intramolecular Hbond substituents is 1. The molecule has 1 aliphatic heterocycles. The van der Waals surface area contributed by atoms with Crippen LogP contribution in [-0.4, -0.2) is 40.6 Å². The maximum Gasteiger partial charge on any atom is 0.255 e. The summed E-state index contributed by atoms with van der Waals surface area (Å²) in [7, 11) is 0. The highest BCUT2D eigenvalue weighted by atomic mass is 16.5. The van der Waals surface area contributed by atoms with E-state index in [0.29, 0.717) is 23.1 Å². The van der Waals surface area contributed by atoms with E-state index in [2.05, 4.69) is 36.4 Å². The molecule has 4 rings (SSSR count). The second-order valence-corrected chi connectivity index (χ2v) is 9.46. The van der Waals surface area contributed by atoms with Gasteiger partial charge in [0.15, 0.2) is 0 Å². The van der Waals surface area contributed by atoms with Gasteiger partial charge in [0.05, 0.1) is 11.1 Å². The number of phenols is 1. The topological polar surface area (TPSA) is 101 Å². The minimum Gasteiger partial charge on any atom is -0.507 e. The molecule has 3 N–H and O–H groups in total. The molecule has 7 nitrogen and oxygen atoms in total. The Morgan fingerprint density at radius 3 is 2.62 bits per heavy atom. The smallest absolute Gasteiger partial charge is 0.255 e. The number of aromatic nitrogens is 1. The number of pyridine rings is 1. The first-order valence-corrected chi connectivity index (χ1v) is 11.3. The van der Waals surface area contributed by atoms with Crippen LogP contribution in [0.5, 0.6) is 11.5 Å². The second kappa shape index (κ2) is 8.81. The quantitative estimate of drug-likeness (QED) is 0.620. The standard InChI is InChI=1S/C25H31N3O4/c1-15-6-8-19-18(13-15)21-20(32-25(19,2)3)9-7-17(22(21)29)24(31)28-12-11-27-23(30)16-5-4-10-26-14-16/h4-5,7,9-10,14-15,18-19,29H,6,8,11-13H2,1-3H3,(H,27,30)(H,28,31)/t15-,18-,19-/m1/s1. The van der Waals surface area contributed by atoms with Gasteiger partial charge in [-0.05, 0) is 62.8 Å². The van der Waals surface area contributed by atoms with Crippen LogP contribution in [0.25, 0.3) is 0 Å². The molecule has 0 radical (unpaired) electrons. The number of aromatic hydroxyl groups is 1. The maximum absolute atomic E-state index is 12.8. The van der Waals surface area contributed by atoms with E-state index >= 15 is 0 Å². The molecule has 32 heavy (non-hydrogen) atoms. The fourth-order valence-electron chi connectivity index (χ4n) is 5.16. The van der Waals surface area contributed by atoms with Gasteiger partial charge < -0.3 is 20.5 Å². The predicted molar refractivity (Wildman–Crippen MR) is 121 cm³/mol. The van der Waals surface area contributed by atoms with E-state index in [1.54, 1.807) is 30.5 Å². The maximum atomic E-state index is 12.8. The van der Waals surface area contributed by atoms with Crippen molar-refractivity contribution in [2.24, 2.45) is 11.8 Å². The van der Waals surface area contributed by atoms with Crippen molar-refractivity contribution in [3.05, 3.63) is 53.3 Å². The van der Waals surface area contributed by atoms with E-state index in [1.165, 1.54) is 6.20 Å². The third-order valence-electron chi connectivity index (χ3n) is 6.79. The van der Waals surface area contributed by atoms with Crippen LogP contribution in [0.3, 0.4) is 0 Å². The van der Waals surface area contributed by atoms with Crippen LogP contribution >= 0.6 is 0 Å². The van der Waals surface area contributed by atoms with Gasteiger partial charge in [-0.2, -0.15) is 0 Å². The Morgan fingerprint density at radius 2 is 1.91 bits per heavy atom. The lowest BCUT2D eigenvalue weighted by atomic mass is 9.64. The molecule has 2 aromatic rings. The third kappa shape index (κ3) is 4.29. The Hall–Kier alpha value is -3.09. The van der Waals surface area contributed by atoms with E-state index in [0.717, 1.165) is 24.8 Å². The van der Waals surface area contributed by atoms with Crippen LogP contribution < -0.4 is 15.4 Å². The summed E-state index contributed by atoms with van der Waals surface area (Å²) in [4.78, 5) is 28.8. The molecular formula is C25H31N3O4. The summed E-state index contributed by atoms with van der Waals surface area (Å²) in [6.45, 7) is 6.98. The number of ether oxygens (including phenoxy) is 1. The highest BCUT2D eigenvalue weighted by molar-refractivity contribution is 5.98. The summed E-state index contributed by atoms with van der Waals surface area (Å²) in [6.07, 6.45) is 6.26. The van der Waals surface area contributed by atoms with E-state index < -0.39 is 0 Å². The Labute approximate surface area is 188 Å². The molecule has 2 aliphatic rings. The van der Waals surface area contributed by atoms with Gasteiger partial charge in [-0.3, -0.25) is 14.6 Å². The SMILES string of the molecule is C[C@@H]1CC[C@@H]2[C@@H](C1)c1c(ccc(C(=O)NCCNC(=O)c3cccnc3)c1O)OC2(C)C. The molecule has 170 valence electrons. The molecule has 2 heterocycles. The van der Waals surface area contributed by atoms with Crippen molar-refractivity contribution < 1.29 is 19.4 Å². The monoisotopic (exact) mass is 437 g/mol. The highest BCUT2D eigenvalue weighted by Gasteiger charge is 2.47. The van der Waals surface area contributed by atoms with Crippen LogP contribution in [-0.2, 0) is 0 Å². The number of rotatable bonds is 5. The number of benzene rings is 1. The van der Waals surface area contributed by atoms with Gasteiger partial charge in [0.2, 0.25) is 0 Å². The predicted octanol–water partition coefficient (Wildman–Crippen LogP) is 3.64. The highest BCUT2D eigenvalue weighted by Crippen LogP contribution is 2.55. The number of hydrogen-bond acceptors (Lipinski definition) is 5. The van der Waals surface area contributed by atoms with Crippen LogP contribution in [0.2, 0.25) is 0 Å². The summed E-state index contributed by atoms with van der Waals surface area (Å²) in [5, 5.41) is 16.6. The van der Waals surface area contributed by atoms with E-state index in [1.807, 2.05) is 0 Å². The van der Waals surface area contributed by atoms with Crippen molar-refractivity contribution in [1.29, 1.82) is 0 Å². The van der Waals surface area contributed by atoms with Gasteiger partial charge in [-0.1, -0.05) is 13.3 Å². The van der Waals surface area contributed by atoms with Crippen molar-refractivity contribution in [2.45, 2.75) is 51.6 Å². The number of fused-ring (bicyclic) bond motifs is 3. The lowest BCUT2D eigenvalue weighted by Gasteiger charge is -2.48. The van der Waals surface area contributed by atoms with Crippen molar-refractivity contribution in [3.8, 4) is 11.5 Å². The molecule has 1 aromatic heterocycles. The van der Waals surface area contributed by atoms with E-state index in [4.69, 9.17) is 4.74 Å². The minimum atomic E-state index is -0.369. The van der Waals surface area contributed by atoms with Gasteiger partial charge in [-0.25, -0.2) is 0 Å². The summed E-state index contributed by atoms with van der Waals surface area (Å²) >= 11 is 0. The third-order valence-corrected chi connectivity index (χ3v) is 6.79. The van der Waals surface area contributed by atoms with Gasteiger partial charge >= 0.3 is 0 Å². The summed E-state index contributed by atoms with van der Waals surface area (Å²) in [6, 6.07) is 6.78. The van der Waals surface area contributed by atoms with Gasteiger partial charge in [0.25, 0.3) is 11.8 Å². The van der Waals surface area contributed by atoms with Gasteiger partial charge in [-0.15, -0.1) is 0 Å². The Balaban J connectivity index is 1.44. The van der Waals surface area contributed by atoms with E-state index in [-0.39, 0.29) is 47.7 Å². The Kier molecular flexibility index (Phi) is 6.09. The molecule has 0 spiro atoms. The number of nitrogens with zero attached hydrogens (tertiary/aromatic N) is 1. The number of carbonyl (C=O) groups excluding carboxylic acids is 2. The van der Waals surface area contributed by atoms with Crippen molar-refractivity contribution in [2.75, 3.05) is 13.1 Å². The molecule has 2 amide bonds. The first-order chi connectivity index (χ1) is 15.3. The molecule has 1 aromatic carbocycles. The summed E-state index contributed by atoms with van der Waals surface area (Å²) < 4.78 is 6.26. The van der Waals surface area contributed by atoms with Crippen molar-refractivity contribution in [3.63, 3.8) is 0 Å². The molecule has 1 fully saturated rings.